The van der Waals surface area contributed by atoms with E-state index in [2.05, 4.69) is 5.32 Å². The molecule has 0 saturated carbocycles. The number of aryl methyl sites for hydroxylation is 2. The first-order valence-corrected chi connectivity index (χ1v) is 7.81. The standard InChI is InChI=1S/C18H17ClFNO3/c1-3-12-7-4-6-11(2)17(12)21-15(22)10-24-18(23)16-13(19)8-5-9-14(16)20/h4-9H,3,10H2,1-2H3,(H,21,22). The second-order valence-corrected chi connectivity index (χ2v) is 5.59. The van der Waals surface area contributed by atoms with Gasteiger partial charge in [-0.2, -0.15) is 0 Å². The summed E-state index contributed by atoms with van der Waals surface area (Å²) in [5, 5.41) is 2.66. The number of nitrogens with one attached hydrogen (secondary N) is 1. The van der Waals surface area contributed by atoms with Gasteiger partial charge in [-0.25, -0.2) is 9.18 Å². The van der Waals surface area contributed by atoms with Crippen LogP contribution in [0, 0.1) is 12.7 Å². The lowest BCUT2D eigenvalue weighted by atomic mass is 10.1. The fourth-order valence-corrected chi connectivity index (χ4v) is 2.51. The molecule has 6 heteroatoms. The van der Waals surface area contributed by atoms with Crippen molar-refractivity contribution >= 4 is 29.2 Å². The number of amides is 1. The normalized spacial score (nSPS) is 10.3. The average Bonchev–Trinajstić information content (AvgIpc) is 2.54. The summed E-state index contributed by atoms with van der Waals surface area (Å²) in [6, 6.07) is 9.55. The van der Waals surface area contributed by atoms with Gasteiger partial charge < -0.3 is 10.1 Å². The summed E-state index contributed by atoms with van der Waals surface area (Å²) >= 11 is 5.79. The van der Waals surface area contributed by atoms with Gasteiger partial charge in [0, 0.05) is 5.69 Å². The van der Waals surface area contributed by atoms with Crippen LogP contribution in [-0.4, -0.2) is 18.5 Å². The minimum atomic E-state index is -0.978. The second kappa shape index (κ2) is 7.93. The third kappa shape index (κ3) is 4.11. The summed E-state index contributed by atoms with van der Waals surface area (Å²) in [5.41, 5.74) is 2.21. The van der Waals surface area contributed by atoms with E-state index >= 15 is 0 Å². The molecular formula is C18H17ClFNO3. The molecule has 1 amide bonds. The third-order valence-corrected chi connectivity index (χ3v) is 3.82. The van der Waals surface area contributed by atoms with Crippen molar-refractivity contribution in [3.63, 3.8) is 0 Å². The molecule has 0 aliphatic heterocycles. The van der Waals surface area contributed by atoms with Crippen molar-refractivity contribution in [1.82, 2.24) is 0 Å². The number of anilines is 1. The van der Waals surface area contributed by atoms with E-state index in [-0.39, 0.29) is 10.6 Å². The van der Waals surface area contributed by atoms with Gasteiger partial charge in [0.05, 0.1) is 5.02 Å². The van der Waals surface area contributed by atoms with Gasteiger partial charge in [-0.05, 0) is 36.6 Å². The fourth-order valence-electron chi connectivity index (χ4n) is 2.27. The summed E-state index contributed by atoms with van der Waals surface area (Å²) in [7, 11) is 0. The molecule has 0 fully saturated rings. The smallest absolute Gasteiger partial charge is 0.343 e. The van der Waals surface area contributed by atoms with Crippen LogP contribution >= 0.6 is 11.6 Å². The van der Waals surface area contributed by atoms with E-state index in [1.807, 2.05) is 32.0 Å². The van der Waals surface area contributed by atoms with Crippen LogP contribution in [0.3, 0.4) is 0 Å². The molecule has 0 aliphatic carbocycles. The highest BCUT2D eigenvalue weighted by atomic mass is 35.5. The molecule has 0 atom stereocenters. The molecule has 4 nitrogen and oxygen atoms in total. The van der Waals surface area contributed by atoms with E-state index in [9.17, 15) is 14.0 Å². The van der Waals surface area contributed by atoms with Gasteiger partial charge in [0.1, 0.15) is 11.4 Å². The van der Waals surface area contributed by atoms with E-state index in [0.717, 1.165) is 23.6 Å². The number of hydrogen-bond acceptors (Lipinski definition) is 3. The van der Waals surface area contributed by atoms with Crippen molar-refractivity contribution in [1.29, 1.82) is 0 Å². The molecule has 2 aromatic carbocycles. The van der Waals surface area contributed by atoms with Crippen molar-refractivity contribution in [2.45, 2.75) is 20.3 Å². The monoisotopic (exact) mass is 349 g/mol. The van der Waals surface area contributed by atoms with Crippen molar-refractivity contribution in [3.05, 3.63) is 63.9 Å². The Labute approximate surface area is 144 Å². The van der Waals surface area contributed by atoms with Crippen LogP contribution in [0.2, 0.25) is 5.02 Å². The number of benzene rings is 2. The maximum atomic E-state index is 13.6. The number of ether oxygens (including phenoxy) is 1. The van der Waals surface area contributed by atoms with Crippen LogP contribution in [0.4, 0.5) is 10.1 Å². The first-order valence-electron chi connectivity index (χ1n) is 7.43. The first-order chi connectivity index (χ1) is 11.4. The zero-order valence-corrected chi connectivity index (χ0v) is 14.1. The Morgan fingerprint density at radius 1 is 1.21 bits per heavy atom. The average molecular weight is 350 g/mol. The van der Waals surface area contributed by atoms with Crippen LogP contribution < -0.4 is 5.32 Å². The minimum Gasteiger partial charge on any atom is -0.452 e. The summed E-state index contributed by atoms with van der Waals surface area (Å²) in [5.74, 6) is -2.27. The van der Waals surface area contributed by atoms with Crippen LogP contribution in [0.1, 0.15) is 28.4 Å². The van der Waals surface area contributed by atoms with Crippen molar-refractivity contribution < 1.29 is 18.7 Å². The Bertz CT molecular complexity index is 757. The quantitative estimate of drug-likeness (QED) is 0.825. The number of para-hydroxylation sites is 1. The summed E-state index contributed by atoms with van der Waals surface area (Å²) in [6.07, 6.45) is 0.752. The van der Waals surface area contributed by atoms with Gasteiger partial charge in [-0.15, -0.1) is 0 Å². The molecule has 2 rings (SSSR count). The van der Waals surface area contributed by atoms with E-state index in [1.54, 1.807) is 0 Å². The molecule has 2 aromatic rings. The van der Waals surface area contributed by atoms with Gasteiger partial charge in [0.2, 0.25) is 0 Å². The number of rotatable bonds is 5. The summed E-state index contributed by atoms with van der Waals surface area (Å²) in [4.78, 5) is 23.9. The molecule has 126 valence electrons. The molecule has 0 saturated heterocycles. The van der Waals surface area contributed by atoms with Crippen molar-refractivity contribution in [3.8, 4) is 0 Å². The molecule has 24 heavy (non-hydrogen) atoms. The highest BCUT2D eigenvalue weighted by molar-refractivity contribution is 6.33. The van der Waals surface area contributed by atoms with Gasteiger partial charge in [-0.1, -0.05) is 42.8 Å². The zero-order valence-electron chi connectivity index (χ0n) is 13.4. The highest BCUT2D eigenvalue weighted by Gasteiger charge is 2.18. The number of carbonyl (C=O) groups is 2. The lowest BCUT2D eigenvalue weighted by Crippen LogP contribution is -2.22. The van der Waals surface area contributed by atoms with E-state index in [0.29, 0.717) is 5.69 Å². The predicted octanol–water partition coefficient (Wildman–Crippen LogP) is 4.15. The number of esters is 1. The topological polar surface area (TPSA) is 55.4 Å². The van der Waals surface area contributed by atoms with E-state index in [1.165, 1.54) is 12.1 Å². The molecule has 0 aliphatic rings. The molecule has 0 spiro atoms. The number of carbonyl (C=O) groups excluding carboxylic acids is 2. The molecule has 1 N–H and O–H groups in total. The van der Waals surface area contributed by atoms with E-state index in [4.69, 9.17) is 16.3 Å². The van der Waals surface area contributed by atoms with Crippen LogP contribution in [-0.2, 0) is 16.0 Å². The molecule has 0 aromatic heterocycles. The van der Waals surface area contributed by atoms with Gasteiger partial charge in [0.15, 0.2) is 6.61 Å². The Morgan fingerprint density at radius 3 is 2.58 bits per heavy atom. The fraction of sp³-hybridized carbons (Fsp3) is 0.222. The largest absolute Gasteiger partial charge is 0.452 e. The van der Waals surface area contributed by atoms with Gasteiger partial charge in [-0.3, -0.25) is 4.79 Å². The Kier molecular flexibility index (Phi) is 5.93. The summed E-state index contributed by atoms with van der Waals surface area (Å²) < 4.78 is 18.5. The Morgan fingerprint density at radius 2 is 1.92 bits per heavy atom. The first kappa shape index (κ1) is 17.9. The minimum absolute atomic E-state index is 0.0624. The molecular weight excluding hydrogens is 333 g/mol. The van der Waals surface area contributed by atoms with Crippen LogP contribution in [0.5, 0.6) is 0 Å². The molecule has 0 bridgehead atoms. The van der Waals surface area contributed by atoms with Gasteiger partial charge >= 0.3 is 5.97 Å². The SMILES string of the molecule is CCc1cccc(C)c1NC(=O)COC(=O)c1c(F)cccc1Cl. The molecule has 0 radical (unpaired) electrons. The van der Waals surface area contributed by atoms with Crippen molar-refractivity contribution in [2.24, 2.45) is 0 Å². The van der Waals surface area contributed by atoms with Crippen LogP contribution in [0.15, 0.2) is 36.4 Å². The Hall–Kier alpha value is -2.40. The lowest BCUT2D eigenvalue weighted by Gasteiger charge is -2.13. The predicted molar refractivity (Wildman–Crippen MR) is 90.9 cm³/mol. The Balaban J connectivity index is 2.03. The number of halogens is 2. The lowest BCUT2D eigenvalue weighted by molar-refractivity contribution is -0.119. The summed E-state index contributed by atoms with van der Waals surface area (Å²) in [6.45, 7) is 3.32. The molecule has 0 unspecified atom stereocenters. The van der Waals surface area contributed by atoms with Crippen LogP contribution in [0.25, 0.3) is 0 Å². The molecule has 0 heterocycles. The highest BCUT2D eigenvalue weighted by Crippen LogP contribution is 2.22. The van der Waals surface area contributed by atoms with Crippen molar-refractivity contribution in [2.75, 3.05) is 11.9 Å². The maximum Gasteiger partial charge on any atom is 0.343 e. The maximum absolute atomic E-state index is 13.6. The number of hydrogen-bond donors (Lipinski definition) is 1. The third-order valence-electron chi connectivity index (χ3n) is 3.51. The van der Waals surface area contributed by atoms with E-state index < -0.39 is 24.3 Å². The second-order valence-electron chi connectivity index (χ2n) is 5.18. The van der Waals surface area contributed by atoms with Gasteiger partial charge in [0.25, 0.3) is 5.91 Å². The zero-order chi connectivity index (χ0) is 17.7.